The molecule has 1 amide bonds. The van der Waals surface area contributed by atoms with E-state index in [0.29, 0.717) is 13.0 Å². The highest BCUT2D eigenvalue weighted by Gasteiger charge is 2.31. The molecule has 1 aliphatic heterocycles. The summed E-state index contributed by atoms with van der Waals surface area (Å²) in [4.78, 5) is 40.6. The van der Waals surface area contributed by atoms with E-state index in [-0.39, 0.29) is 29.0 Å². The fourth-order valence-electron chi connectivity index (χ4n) is 3.47. The molecule has 3 heterocycles. The van der Waals surface area contributed by atoms with Gasteiger partial charge in [-0.3, -0.25) is 19.8 Å². The van der Waals surface area contributed by atoms with Gasteiger partial charge in [0.1, 0.15) is 4.92 Å². The molecule has 0 radical (unpaired) electrons. The second-order valence-electron chi connectivity index (χ2n) is 7.70. The zero-order valence-electron chi connectivity index (χ0n) is 18.4. The quantitative estimate of drug-likeness (QED) is 0.235. The number of carbonyl (C=O) groups is 2. The number of furan rings is 1. The molecule has 36 heavy (non-hydrogen) atoms. The van der Waals surface area contributed by atoms with E-state index in [0.717, 1.165) is 42.0 Å². The lowest BCUT2D eigenvalue weighted by atomic mass is 10.1. The zero-order valence-corrected chi connectivity index (χ0v) is 19.2. The fourth-order valence-corrected chi connectivity index (χ4v) is 4.33. The average Bonchev–Trinajstić information content (AvgIpc) is 3.61. The molecule has 3 aromatic rings. The van der Waals surface area contributed by atoms with Crippen molar-refractivity contribution in [2.24, 2.45) is 0 Å². The zero-order chi connectivity index (χ0) is 25.9. The van der Waals surface area contributed by atoms with Gasteiger partial charge in [-0.05, 0) is 31.0 Å². The molecule has 0 spiro atoms. The summed E-state index contributed by atoms with van der Waals surface area (Å²) in [6, 6.07) is 6.70. The van der Waals surface area contributed by atoms with Gasteiger partial charge in [0.15, 0.2) is 11.7 Å². The maximum atomic E-state index is 13.1. The van der Waals surface area contributed by atoms with Crippen LogP contribution >= 0.6 is 11.3 Å². The second-order valence-corrected chi connectivity index (χ2v) is 8.54. The maximum Gasteiger partial charge on any atom is 0.433 e. The third kappa shape index (κ3) is 5.88. The van der Waals surface area contributed by atoms with E-state index >= 15 is 0 Å². The van der Waals surface area contributed by atoms with Gasteiger partial charge in [0.2, 0.25) is 5.76 Å². The molecule has 0 unspecified atom stereocenters. The molecule has 0 N–H and O–H groups in total. The van der Waals surface area contributed by atoms with Crippen LogP contribution in [0.15, 0.2) is 46.2 Å². The number of rotatable bonds is 8. The van der Waals surface area contributed by atoms with Crippen molar-refractivity contribution in [1.82, 2.24) is 4.98 Å². The average molecular weight is 525 g/mol. The Kier molecular flexibility index (Phi) is 7.35. The third-order valence-corrected chi connectivity index (χ3v) is 6.08. The minimum atomic E-state index is -4.52. The molecular weight excluding hydrogens is 507 g/mol. The van der Waals surface area contributed by atoms with Crippen molar-refractivity contribution in [2.45, 2.75) is 25.1 Å². The number of nitro groups is 1. The largest absolute Gasteiger partial charge is 0.450 e. The number of hydrogen-bond donors (Lipinski definition) is 0. The molecule has 14 heteroatoms. The Morgan fingerprint density at radius 1 is 1.28 bits per heavy atom. The number of ether oxygens (including phenoxy) is 2. The van der Waals surface area contributed by atoms with Crippen LogP contribution in [-0.4, -0.2) is 47.6 Å². The van der Waals surface area contributed by atoms with Gasteiger partial charge in [-0.1, -0.05) is 12.1 Å². The van der Waals surface area contributed by atoms with Crippen molar-refractivity contribution in [3.63, 3.8) is 0 Å². The lowest BCUT2D eigenvalue weighted by Gasteiger charge is -2.22. The van der Waals surface area contributed by atoms with E-state index < -0.39 is 46.8 Å². The first kappa shape index (κ1) is 25.3. The summed E-state index contributed by atoms with van der Waals surface area (Å²) in [5, 5.41) is 12.4. The van der Waals surface area contributed by atoms with Gasteiger partial charge in [0.25, 0.3) is 5.91 Å². The predicted molar refractivity (Wildman–Crippen MR) is 120 cm³/mol. The van der Waals surface area contributed by atoms with Gasteiger partial charge >= 0.3 is 18.0 Å². The minimum absolute atomic E-state index is 0.0954. The number of anilines is 1. The summed E-state index contributed by atoms with van der Waals surface area (Å²) in [6.45, 7) is -0.108. The van der Waals surface area contributed by atoms with Crippen LogP contribution in [0.5, 0.6) is 0 Å². The summed E-state index contributed by atoms with van der Waals surface area (Å²) < 4.78 is 54.6. The number of esters is 1. The molecule has 2 aromatic heterocycles. The molecule has 1 aliphatic rings. The van der Waals surface area contributed by atoms with Crippen molar-refractivity contribution >= 4 is 34.2 Å². The highest BCUT2D eigenvalue weighted by Crippen LogP contribution is 2.34. The van der Waals surface area contributed by atoms with Crippen LogP contribution in [0.4, 0.5) is 24.2 Å². The standard InChI is InChI=1S/C22H18F3N3O7S/c23-22(24,25)14-4-1-3-13(9-14)16-12-36-21(26-16)27(10-15-5-2-8-33-15)18(29)11-34-20(30)17-6-7-19(35-17)28(31)32/h1,3-4,6-7,9,12,15H,2,5,8,10-11H2/t15-/m0/s1. The number of halogens is 3. The molecule has 1 saturated heterocycles. The molecular formula is C22H18F3N3O7S. The number of aromatic nitrogens is 1. The molecule has 1 aromatic carbocycles. The Hall–Kier alpha value is -3.78. The first-order chi connectivity index (χ1) is 17.1. The Balaban J connectivity index is 1.51. The normalized spacial score (nSPS) is 15.6. The van der Waals surface area contributed by atoms with E-state index in [1.807, 2.05) is 0 Å². The van der Waals surface area contributed by atoms with Crippen molar-refractivity contribution < 1.29 is 41.6 Å². The molecule has 0 aliphatic carbocycles. The minimum Gasteiger partial charge on any atom is -0.450 e. The molecule has 0 saturated carbocycles. The maximum absolute atomic E-state index is 13.1. The van der Waals surface area contributed by atoms with E-state index in [2.05, 4.69) is 4.98 Å². The fraction of sp³-hybridized carbons (Fsp3) is 0.318. The number of hydrogen-bond acceptors (Lipinski definition) is 9. The van der Waals surface area contributed by atoms with Crippen molar-refractivity contribution in [3.8, 4) is 11.3 Å². The van der Waals surface area contributed by atoms with Crippen LogP contribution in [0.2, 0.25) is 0 Å². The number of amides is 1. The lowest BCUT2D eigenvalue weighted by Crippen LogP contribution is -2.40. The molecule has 190 valence electrons. The van der Waals surface area contributed by atoms with Crippen molar-refractivity contribution in [2.75, 3.05) is 24.7 Å². The summed E-state index contributed by atoms with van der Waals surface area (Å²) in [5.74, 6) is -2.83. The van der Waals surface area contributed by atoms with E-state index in [9.17, 15) is 32.9 Å². The number of alkyl halides is 3. The van der Waals surface area contributed by atoms with Crippen LogP contribution in [0, 0.1) is 10.1 Å². The molecule has 4 rings (SSSR count). The third-order valence-electron chi connectivity index (χ3n) is 5.22. The first-order valence-electron chi connectivity index (χ1n) is 10.6. The monoisotopic (exact) mass is 525 g/mol. The Bertz CT molecular complexity index is 1270. The number of nitrogens with zero attached hydrogens (tertiary/aromatic N) is 3. The number of benzene rings is 1. The van der Waals surface area contributed by atoms with Gasteiger partial charge < -0.3 is 13.9 Å². The molecule has 1 fully saturated rings. The predicted octanol–water partition coefficient (Wildman–Crippen LogP) is 4.70. The van der Waals surface area contributed by atoms with Crippen LogP contribution in [0.3, 0.4) is 0 Å². The highest BCUT2D eigenvalue weighted by atomic mass is 32.1. The topological polar surface area (TPSA) is 125 Å². The van der Waals surface area contributed by atoms with Crippen LogP contribution < -0.4 is 4.90 Å². The molecule has 1 atom stereocenters. The molecule has 10 nitrogen and oxygen atoms in total. The number of thiazole rings is 1. The Morgan fingerprint density at radius 2 is 2.08 bits per heavy atom. The summed E-state index contributed by atoms with van der Waals surface area (Å²) in [5.41, 5.74) is -0.360. The lowest BCUT2D eigenvalue weighted by molar-refractivity contribution is -0.402. The van der Waals surface area contributed by atoms with Gasteiger partial charge in [-0.15, -0.1) is 11.3 Å². The van der Waals surface area contributed by atoms with E-state index in [1.54, 1.807) is 0 Å². The van der Waals surface area contributed by atoms with Crippen LogP contribution in [0.25, 0.3) is 11.3 Å². The summed E-state index contributed by atoms with van der Waals surface area (Å²) in [7, 11) is 0. The van der Waals surface area contributed by atoms with Crippen molar-refractivity contribution in [1.29, 1.82) is 0 Å². The van der Waals surface area contributed by atoms with Crippen molar-refractivity contribution in [3.05, 3.63) is 63.2 Å². The van der Waals surface area contributed by atoms with Gasteiger partial charge in [-0.25, -0.2) is 9.78 Å². The van der Waals surface area contributed by atoms with Gasteiger partial charge in [0.05, 0.1) is 30.0 Å². The van der Waals surface area contributed by atoms with Crippen LogP contribution in [0.1, 0.15) is 29.0 Å². The highest BCUT2D eigenvalue weighted by molar-refractivity contribution is 7.14. The SMILES string of the molecule is O=C(OCC(=O)N(C[C@@H]1CCCO1)c1nc(-c2cccc(C(F)(F)F)c2)cs1)c1ccc([N+](=O)[O-])o1. The second kappa shape index (κ2) is 10.5. The smallest absolute Gasteiger partial charge is 0.433 e. The summed E-state index contributed by atoms with van der Waals surface area (Å²) in [6.07, 6.45) is -3.33. The van der Waals surface area contributed by atoms with Gasteiger partial charge in [0, 0.05) is 17.6 Å². The Morgan fingerprint density at radius 3 is 2.75 bits per heavy atom. The van der Waals surface area contributed by atoms with E-state index in [4.69, 9.17) is 13.9 Å². The number of carbonyl (C=O) groups excluding carboxylic acids is 2. The Labute approximate surface area is 205 Å². The first-order valence-corrected chi connectivity index (χ1v) is 11.5. The summed E-state index contributed by atoms with van der Waals surface area (Å²) >= 11 is 1.04. The van der Waals surface area contributed by atoms with Gasteiger partial charge in [-0.2, -0.15) is 13.2 Å². The van der Waals surface area contributed by atoms with E-state index in [1.165, 1.54) is 22.4 Å². The molecule has 0 bridgehead atoms. The van der Waals surface area contributed by atoms with Crippen LogP contribution in [-0.2, 0) is 20.4 Å².